The summed E-state index contributed by atoms with van der Waals surface area (Å²) in [6.07, 6.45) is 1.74. The molecule has 6 nitrogen and oxygen atoms in total. The van der Waals surface area contributed by atoms with Gasteiger partial charge in [0, 0.05) is 18.3 Å². The highest BCUT2D eigenvalue weighted by molar-refractivity contribution is 7.92. The molecule has 0 saturated heterocycles. The number of benzene rings is 1. The number of aryl methyl sites for hydroxylation is 2. The predicted octanol–water partition coefficient (Wildman–Crippen LogP) is 2.09. The molecule has 0 spiro atoms. The number of aromatic nitrogens is 1. The number of rotatable bonds is 3. The predicted molar refractivity (Wildman–Crippen MR) is 88.5 cm³/mol. The third-order valence-electron chi connectivity index (χ3n) is 4.33. The van der Waals surface area contributed by atoms with Crippen LogP contribution in [-0.2, 0) is 27.7 Å². The van der Waals surface area contributed by atoms with Crippen molar-refractivity contribution in [1.82, 2.24) is 4.37 Å². The van der Waals surface area contributed by atoms with Gasteiger partial charge in [0.15, 0.2) is 0 Å². The lowest BCUT2D eigenvalue weighted by molar-refractivity contribution is -0.118. The van der Waals surface area contributed by atoms with Gasteiger partial charge in [-0.2, -0.15) is 4.37 Å². The van der Waals surface area contributed by atoms with Gasteiger partial charge in [-0.15, -0.1) is 0 Å². The summed E-state index contributed by atoms with van der Waals surface area (Å²) in [4.78, 5) is 14.0. The molecule has 0 fully saturated rings. The molecule has 1 amide bonds. The SMILES string of the molecule is Cc1nscc1NS(=O)(=O)c1cc2c3c(c1)CCN3C(=O)CC2. The van der Waals surface area contributed by atoms with Gasteiger partial charge in [0.25, 0.3) is 10.0 Å². The molecule has 0 unspecified atom stereocenters. The topological polar surface area (TPSA) is 79.4 Å². The number of carbonyl (C=O) groups is 1. The summed E-state index contributed by atoms with van der Waals surface area (Å²) in [5, 5.41) is 1.69. The van der Waals surface area contributed by atoms with E-state index in [0.717, 1.165) is 16.8 Å². The number of amides is 1. The standard InChI is InChI=1S/C15H15N3O3S2/c1-9-13(8-22-16-9)17-23(20,21)12-6-10-2-3-14(19)18-5-4-11(7-12)15(10)18/h6-8,17H,2-5H2,1H3. The summed E-state index contributed by atoms with van der Waals surface area (Å²) in [6, 6.07) is 3.38. The van der Waals surface area contributed by atoms with Crippen LogP contribution in [0.15, 0.2) is 22.4 Å². The first-order valence-corrected chi connectivity index (χ1v) is 9.67. The lowest BCUT2D eigenvalue weighted by atomic mass is 10.00. The molecular formula is C15H15N3O3S2. The number of hydrogen-bond acceptors (Lipinski definition) is 5. The van der Waals surface area contributed by atoms with Crippen LogP contribution in [0.2, 0.25) is 0 Å². The maximum Gasteiger partial charge on any atom is 0.262 e. The lowest BCUT2D eigenvalue weighted by Crippen LogP contribution is -2.33. The van der Waals surface area contributed by atoms with Crippen molar-refractivity contribution in [2.45, 2.75) is 31.1 Å². The maximum absolute atomic E-state index is 12.7. The number of sulfonamides is 1. The molecule has 2 aliphatic heterocycles. The van der Waals surface area contributed by atoms with Crippen LogP contribution in [-0.4, -0.2) is 25.2 Å². The molecule has 2 aromatic rings. The van der Waals surface area contributed by atoms with E-state index in [9.17, 15) is 13.2 Å². The summed E-state index contributed by atoms with van der Waals surface area (Å²) in [6.45, 7) is 2.41. The molecule has 0 saturated carbocycles. The summed E-state index contributed by atoms with van der Waals surface area (Å²) >= 11 is 1.22. The zero-order valence-corrected chi connectivity index (χ0v) is 14.1. The van der Waals surface area contributed by atoms with E-state index in [0.29, 0.717) is 37.2 Å². The number of hydrogen-bond donors (Lipinski definition) is 1. The largest absolute Gasteiger partial charge is 0.312 e. The van der Waals surface area contributed by atoms with Gasteiger partial charge in [-0.3, -0.25) is 9.52 Å². The average molecular weight is 349 g/mol. The second kappa shape index (κ2) is 5.04. The van der Waals surface area contributed by atoms with Crippen molar-refractivity contribution in [3.63, 3.8) is 0 Å². The highest BCUT2D eigenvalue weighted by atomic mass is 32.2. The second-order valence-corrected chi connectivity index (χ2v) is 8.12. The fraction of sp³-hybridized carbons (Fsp3) is 0.333. The summed E-state index contributed by atoms with van der Waals surface area (Å²) in [5.41, 5.74) is 3.99. The minimum atomic E-state index is -3.65. The lowest BCUT2D eigenvalue weighted by Gasteiger charge is -2.25. The van der Waals surface area contributed by atoms with Gasteiger partial charge >= 0.3 is 0 Å². The van der Waals surface area contributed by atoms with E-state index < -0.39 is 10.0 Å². The molecule has 1 N–H and O–H groups in total. The molecule has 1 aromatic heterocycles. The fourth-order valence-corrected chi connectivity index (χ4v) is 5.10. The van der Waals surface area contributed by atoms with Gasteiger partial charge in [0.2, 0.25) is 5.91 Å². The Labute approximate surface area is 138 Å². The van der Waals surface area contributed by atoms with E-state index in [4.69, 9.17) is 0 Å². The highest BCUT2D eigenvalue weighted by Crippen LogP contribution is 2.38. The highest BCUT2D eigenvalue weighted by Gasteiger charge is 2.33. The van der Waals surface area contributed by atoms with Crippen LogP contribution in [0, 0.1) is 6.92 Å². The fourth-order valence-electron chi connectivity index (χ4n) is 3.18. The maximum atomic E-state index is 12.7. The van der Waals surface area contributed by atoms with Crippen molar-refractivity contribution in [3.8, 4) is 0 Å². The number of nitrogens with zero attached hydrogens (tertiary/aromatic N) is 2. The summed E-state index contributed by atoms with van der Waals surface area (Å²) < 4.78 is 32.0. The minimum Gasteiger partial charge on any atom is -0.312 e. The van der Waals surface area contributed by atoms with Gasteiger partial charge in [-0.1, -0.05) is 0 Å². The van der Waals surface area contributed by atoms with Gasteiger partial charge in [-0.25, -0.2) is 8.42 Å². The van der Waals surface area contributed by atoms with E-state index in [-0.39, 0.29) is 10.8 Å². The molecule has 0 atom stereocenters. The zero-order chi connectivity index (χ0) is 16.2. The van der Waals surface area contributed by atoms with E-state index in [2.05, 4.69) is 9.10 Å². The van der Waals surface area contributed by atoms with Gasteiger partial charge in [0.1, 0.15) is 0 Å². The Bertz CT molecular complexity index is 918. The minimum absolute atomic E-state index is 0.130. The molecule has 0 aliphatic carbocycles. The molecular weight excluding hydrogens is 334 g/mol. The molecule has 0 bridgehead atoms. The smallest absolute Gasteiger partial charge is 0.262 e. The Morgan fingerprint density at radius 2 is 1.96 bits per heavy atom. The van der Waals surface area contributed by atoms with Gasteiger partial charge < -0.3 is 4.90 Å². The van der Waals surface area contributed by atoms with E-state index in [1.165, 1.54) is 11.5 Å². The number of carbonyl (C=O) groups excluding carboxylic acids is 1. The van der Waals surface area contributed by atoms with Crippen LogP contribution in [0.1, 0.15) is 23.2 Å². The molecule has 1 aromatic carbocycles. The van der Waals surface area contributed by atoms with E-state index in [1.807, 2.05) is 0 Å². The van der Waals surface area contributed by atoms with Crippen LogP contribution in [0.3, 0.4) is 0 Å². The normalized spacial score (nSPS) is 16.6. The monoisotopic (exact) mass is 349 g/mol. The summed E-state index contributed by atoms with van der Waals surface area (Å²) in [5.74, 6) is 0.130. The third-order valence-corrected chi connectivity index (χ3v) is 6.40. The Balaban J connectivity index is 1.76. The average Bonchev–Trinajstić information content (AvgIpc) is 3.11. The van der Waals surface area contributed by atoms with Crippen LogP contribution in [0.5, 0.6) is 0 Å². The first-order valence-electron chi connectivity index (χ1n) is 7.36. The zero-order valence-electron chi connectivity index (χ0n) is 12.5. The van der Waals surface area contributed by atoms with Crippen molar-refractivity contribution in [3.05, 3.63) is 34.3 Å². The van der Waals surface area contributed by atoms with E-state index in [1.54, 1.807) is 29.3 Å². The quantitative estimate of drug-likeness (QED) is 0.920. The molecule has 8 heteroatoms. The van der Waals surface area contributed by atoms with Gasteiger partial charge in [0.05, 0.1) is 22.0 Å². The Morgan fingerprint density at radius 3 is 2.65 bits per heavy atom. The Kier molecular flexibility index (Phi) is 3.21. The first kappa shape index (κ1) is 14.6. The van der Waals surface area contributed by atoms with Crippen LogP contribution < -0.4 is 9.62 Å². The van der Waals surface area contributed by atoms with Crippen molar-refractivity contribution in [2.24, 2.45) is 0 Å². The number of nitrogens with one attached hydrogen (secondary N) is 1. The van der Waals surface area contributed by atoms with Crippen molar-refractivity contribution in [1.29, 1.82) is 0 Å². The molecule has 3 heterocycles. The van der Waals surface area contributed by atoms with E-state index >= 15 is 0 Å². The van der Waals surface area contributed by atoms with Crippen LogP contribution in [0.25, 0.3) is 0 Å². The Morgan fingerprint density at radius 1 is 1.22 bits per heavy atom. The van der Waals surface area contributed by atoms with Gasteiger partial charge in [-0.05, 0) is 54.6 Å². The summed E-state index contributed by atoms with van der Waals surface area (Å²) in [7, 11) is -3.65. The van der Waals surface area contributed by atoms with Crippen LogP contribution >= 0.6 is 11.5 Å². The molecule has 2 aliphatic rings. The van der Waals surface area contributed by atoms with Crippen molar-refractivity contribution < 1.29 is 13.2 Å². The molecule has 4 rings (SSSR count). The molecule has 0 radical (unpaired) electrons. The first-order chi connectivity index (χ1) is 11.0. The van der Waals surface area contributed by atoms with Crippen LogP contribution in [0.4, 0.5) is 11.4 Å². The van der Waals surface area contributed by atoms with Crippen molar-refractivity contribution in [2.75, 3.05) is 16.2 Å². The number of anilines is 2. The molecule has 120 valence electrons. The second-order valence-electron chi connectivity index (χ2n) is 5.80. The Hall–Kier alpha value is -1.93. The van der Waals surface area contributed by atoms with Crippen molar-refractivity contribution >= 4 is 38.8 Å². The third kappa shape index (κ3) is 2.33. The molecule has 23 heavy (non-hydrogen) atoms.